The van der Waals surface area contributed by atoms with Crippen molar-refractivity contribution >= 4 is 0 Å². The summed E-state index contributed by atoms with van der Waals surface area (Å²) in [6, 6.07) is 0. The van der Waals surface area contributed by atoms with Crippen molar-refractivity contribution in [1.82, 2.24) is 4.90 Å². The Morgan fingerprint density at radius 3 is 2.06 bits per heavy atom. The molecule has 0 aliphatic heterocycles. The van der Waals surface area contributed by atoms with Gasteiger partial charge in [0.2, 0.25) is 0 Å². The van der Waals surface area contributed by atoms with Crippen molar-refractivity contribution in [3.8, 4) is 0 Å². The zero-order valence-electron chi connectivity index (χ0n) is 11.1. The van der Waals surface area contributed by atoms with E-state index >= 15 is 0 Å². The minimum Gasteiger partial charge on any atom is -0.383 e. The lowest BCUT2D eigenvalue weighted by Gasteiger charge is -2.22. The highest BCUT2D eigenvalue weighted by molar-refractivity contribution is 4.60. The van der Waals surface area contributed by atoms with Crippen molar-refractivity contribution in [2.75, 3.05) is 53.6 Å². The molecule has 0 saturated heterocycles. The molecule has 0 rings (SSSR count). The second kappa shape index (κ2) is 11.3. The van der Waals surface area contributed by atoms with Crippen LogP contribution in [0.5, 0.6) is 0 Å². The van der Waals surface area contributed by atoms with Gasteiger partial charge in [0.25, 0.3) is 0 Å². The van der Waals surface area contributed by atoms with E-state index in [-0.39, 0.29) is 0 Å². The molecule has 98 valence electrons. The summed E-state index contributed by atoms with van der Waals surface area (Å²) in [4.78, 5) is 2.39. The molecule has 0 spiro atoms. The van der Waals surface area contributed by atoms with E-state index < -0.39 is 0 Å². The molecule has 0 radical (unpaired) electrons. The second-order valence-electron chi connectivity index (χ2n) is 4.31. The first kappa shape index (κ1) is 15.8. The summed E-state index contributed by atoms with van der Waals surface area (Å²) in [5, 5.41) is 0. The normalized spacial score (nSPS) is 13.3. The summed E-state index contributed by atoms with van der Waals surface area (Å²) >= 11 is 0. The zero-order valence-corrected chi connectivity index (χ0v) is 11.1. The average molecular weight is 232 g/mol. The molecule has 0 aromatic carbocycles. The monoisotopic (exact) mass is 232 g/mol. The molecule has 0 aliphatic carbocycles. The van der Waals surface area contributed by atoms with Crippen LogP contribution in [0.15, 0.2) is 0 Å². The summed E-state index contributed by atoms with van der Waals surface area (Å²) in [7, 11) is 3.48. The fourth-order valence-electron chi connectivity index (χ4n) is 1.56. The van der Waals surface area contributed by atoms with Crippen molar-refractivity contribution in [2.24, 2.45) is 11.7 Å². The van der Waals surface area contributed by atoms with E-state index in [0.29, 0.717) is 5.92 Å². The molecule has 0 heterocycles. The number of hydrogen-bond donors (Lipinski definition) is 1. The number of hydrogen-bond acceptors (Lipinski definition) is 4. The first-order valence-corrected chi connectivity index (χ1v) is 6.14. The number of nitrogens with two attached hydrogens (primary N) is 1. The van der Waals surface area contributed by atoms with Crippen LogP contribution in [0.1, 0.15) is 19.8 Å². The minimum atomic E-state index is 0.631. The number of methoxy groups -OCH3 is 2. The molecule has 4 nitrogen and oxygen atoms in total. The van der Waals surface area contributed by atoms with E-state index in [4.69, 9.17) is 15.2 Å². The Bertz CT molecular complexity index is 137. The molecule has 1 unspecified atom stereocenters. The van der Waals surface area contributed by atoms with Crippen LogP contribution in [-0.2, 0) is 9.47 Å². The van der Waals surface area contributed by atoms with Crippen molar-refractivity contribution in [3.05, 3.63) is 0 Å². The number of rotatable bonds is 11. The third kappa shape index (κ3) is 9.09. The fourth-order valence-corrected chi connectivity index (χ4v) is 1.56. The van der Waals surface area contributed by atoms with Crippen molar-refractivity contribution in [3.63, 3.8) is 0 Å². The predicted octanol–water partition coefficient (Wildman–Crippen LogP) is 0.956. The van der Waals surface area contributed by atoms with E-state index in [9.17, 15) is 0 Å². The maximum absolute atomic E-state index is 5.60. The second-order valence-corrected chi connectivity index (χ2v) is 4.31. The van der Waals surface area contributed by atoms with Crippen LogP contribution in [0.2, 0.25) is 0 Å². The molecule has 0 fully saturated rings. The van der Waals surface area contributed by atoms with Gasteiger partial charge in [0, 0.05) is 27.3 Å². The Morgan fingerprint density at radius 1 is 1.06 bits per heavy atom. The molecule has 0 aliphatic rings. The van der Waals surface area contributed by atoms with E-state index in [1.54, 1.807) is 14.2 Å². The van der Waals surface area contributed by atoms with E-state index in [2.05, 4.69) is 11.8 Å². The van der Waals surface area contributed by atoms with E-state index in [1.807, 2.05) is 0 Å². The van der Waals surface area contributed by atoms with Gasteiger partial charge < -0.3 is 15.2 Å². The Labute approximate surface area is 100 Å². The van der Waals surface area contributed by atoms with Gasteiger partial charge in [0.05, 0.1) is 13.2 Å². The van der Waals surface area contributed by atoms with Gasteiger partial charge in [-0.15, -0.1) is 0 Å². The number of ether oxygens (including phenoxy) is 2. The summed E-state index contributed by atoms with van der Waals surface area (Å²) in [6.45, 7) is 7.64. The molecule has 16 heavy (non-hydrogen) atoms. The summed E-state index contributed by atoms with van der Waals surface area (Å²) in [6.07, 6.45) is 2.40. The summed E-state index contributed by atoms with van der Waals surface area (Å²) in [5.41, 5.74) is 5.60. The third-order valence-corrected chi connectivity index (χ3v) is 2.80. The minimum absolute atomic E-state index is 0.631. The van der Waals surface area contributed by atoms with Crippen molar-refractivity contribution in [2.45, 2.75) is 19.8 Å². The van der Waals surface area contributed by atoms with E-state index in [1.165, 1.54) is 12.8 Å². The van der Waals surface area contributed by atoms with Crippen LogP contribution < -0.4 is 5.73 Å². The fraction of sp³-hybridized carbons (Fsp3) is 1.00. The Kier molecular flexibility index (Phi) is 11.2. The van der Waals surface area contributed by atoms with Crippen LogP contribution in [0.4, 0.5) is 0 Å². The van der Waals surface area contributed by atoms with Gasteiger partial charge in [-0.3, -0.25) is 4.90 Å². The maximum atomic E-state index is 5.60. The van der Waals surface area contributed by atoms with Crippen LogP contribution in [0.3, 0.4) is 0 Å². The smallest absolute Gasteiger partial charge is 0.0589 e. The molecule has 0 aromatic rings. The molecule has 0 aromatic heterocycles. The molecule has 0 saturated carbocycles. The molecule has 0 bridgehead atoms. The van der Waals surface area contributed by atoms with E-state index in [0.717, 1.165) is 39.4 Å². The van der Waals surface area contributed by atoms with Crippen LogP contribution >= 0.6 is 0 Å². The van der Waals surface area contributed by atoms with Crippen molar-refractivity contribution < 1.29 is 9.47 Å². The Morgan fingerprint density at radius 2 is 1.62 bits per heavy atom. The Hall–Kier alpha value is -0.160. The molecule has 1 atom stereocenters. The third-order valence-electron chi connectivity index (χ3n) is 2.80. The topological polar surface area (TPSA) is 47.7 Å². The van der Waals surface area contributed by atoms with Crippen LogP contribution in [0, 0.1) is 5.92 Å². The van der Waals surface area contributed by atoms with Crippen molar-refractivity contribution in [1.29, 1.82) is 0 Å². The lowest BCUT2D eigenvalue weighted by molar-refractivity contribution is 0.112. The first-order valence-electron chi connectivity index (χ1n) is 6.14. The molecular weight excluding hydrogens is 204 g/mol. The molecular formula is C12H28N2O2. The lowest BCUT2D eigenvalue weighted by atomic mass is 10.1. The first-order chi connectivity index (χ1) is 7.74. The van der Waals surface area contributed by atoms with Gasteiger partial charge in [0.1, 0.15) is 0 Å². The highest BCUT2D eigenvalue weighted by Gasteiger charge is 2.05. The van der Waals surface area contributed by atoms with Gasteiger partial charge in [0.15, 0.2) is 0 Å². The van der Waals surface area contributed by atoms with Gasteiger partial charge in [-0.1, -0.05) is 6.92 Å². The van der Waals surface area contributed by atoms with Crippen LogP contribution in [0.25, 0.3) is 0 Å². The number of nitrogens with zero attached hydrogens (tertiary/aromatic N) is 1. The Balaban J connectivity index is 3.63. The van der Waals surface area contributed by atoms with Gasteiger partial charge in [-0.05, 0) is 31.8 Å². The predicted molar refractivity (Wildman–Crippen MR) is 67.6 cm³/mol. The maximum Gasteiger partial charge on any atom is 0.0589 e. The quantitative estimate of drug-likeness (QED) is 0.576. The van der Waals surface area contributed by atoms with Gasteiger partial charge in [-0.25, -0.2) is 0 Å². The summed E-state index contributed by atoms with van der Waals surface area (Å²) in [5.74, 6) is 0.631. The molecule has 2 N–H and O–H groups in total. The van der Waals surface area contributed by atoms with Crippen LogP contribution in [-0.4, -0.2) is 58.5 Å². The molecule has 4 heteroatoms. The highest BCUT2D eigenvalue weighted by atomic mass is 16.5. The average Bonchev–Trinajstić information content (AvgIpc) is 2.31. The van der Waals surface area contributed by atoms with Gasteiger partial charge in [-0.2, -0.15) is 0 Å². The summed E-state index contributed by atoms with van der Waals surface area (Å²) < 4.78 is 10.2. The highest BCUT2D eigenvalue weighted by Crippen LogP contribution is 2.04. The zero-order chi connectivity index (χ0) is 12.2. The SMILES string of the molecule is COCCN(CCCC(C)CN)CCOC. The molecule has 0 amide bonds. The largest absolute Gasteiger partial charge is 0.383 e. The van der Waals surface area contributed by atoms with Gasteiger partial charge >= 0.3 is 0 Å². The standard InChI is InChI=1S/C12H28N2O2/c1-12(11-13)5-4-6-14(7-9-15-2)8-10-16-3/h12H,4-11,13H2,1-3H3. The lowest BCUT2D eigenvalue weighted by Crippen LogP contribution is -2.32.